The van der Waals surface area contributed by atoms with Gasteiger partial charge in [0.25, 0.3) is 0 Å². The average molecular weight is 248 g/mol. The maximum absolute atomic E-state index is 11.6. The molecule has 2 N–H and O–H groups in total. The zero-order chi connectivity index (χ0) is 13.5. The second-order valence-electron chi connectivity index (χ2n) is 4.61. The fourth-order valence-corrected chi connectivity index (χ4v) is 1.39. The lowest BCUT2D eigenvalue weighted by Crippen LogP contribution is -2.37. The van der Waals surface area contributed by atoms with Gasteiger partial charge in [-0.05, 0) is 30.0 Å². The van der Waals surface area contributed by atoms with Crippen LogP contribution in [0.1, 0.15) is 26.3 Å². The molecule has 2 amide bonds. The molecule has 0 aliphatic carbocycles. The van der Waals surface area contributed by atoms with E-state index >= 15 is 0 Å². The molecular weight excluding hydrogens is 228 g/mol. The molecule has 1 aromatic carbocycles. The third kappa shape index (κ3) is 4.57. The van der Waals surface area contributed by atoms with Gasteiger partial charge in [-0.25, -0.2) is 0 Å². The SMILES string of the molecule is CCc1ccc(NC(=O)C(=O)NCC(C)C)cc1. The van der Waals surface area contributed by atoms with Crippen LogP contribution in [0.5, 0.6) is 0 Å². The van der Waals surface area contributed by atoms with Crippen LogP contribution < -0.4 is 10.6 Å². The van der Waals surface area contributed by atoms with Crippen LogP contribution in [0.2, 0.25) is 0 Å². The van der Waals surface area contributed by atoms with Crippen LogP contribution >= 0.6 is 0 Å². The van der Waals surface area contributed by atoms with Crippen molar-refractivity contribution in [1.29, 1.82) is 0 Å². The molecule has 0 unspecified atom stereocenters. The van der Waals surface area contributed by atoms with Crippen molar-refractivity contribution in [2.45, 2.75) is 27.2 Å². The zero-order valence-corrected chi connectivity index (χ0v) is 11.1. The second kappa shape index (κ2) is 6.79. The molecular formula is C14H20N2O2. The van der Waals surface area contributed by atoms with E-state index in [1.807, 2.05) is 26.0 Å². The van der Waals surface area contributed by atoms with Crippen molar-refractivity contribution in [2.75, 3.05) is 11.9 Å². The monoisotopic (exact) mass is 248 g/mol. The summed E-state index contributed by atoms with van der Waals surface area (Å²) in [4.78, 5) is 23.0. The Kier molecular flexibility index (Phi) is 5.36. The van der Waals surface area contributed by atoms with Gasteiger partial charge in [-0.1, -0.05) is 32.9 Å². The predicted molar refractivity (Wildman–Crippen MR) is 72.3 cm³/mol. The van der Waals surface area contributed by atoms with Gasteiger partial charge in [-0.3, -0.25) is 9.59 Å². The second-order valence-corrected chi connectivity index (χ2v) is 4.61. The predicted octanol–water partition coefficient (Wildman–Crippen LogP) is 1.96. The average Bonchev–Trinajstić information content (AvgIpc) is 2.36. The van der Waals surface area contributed by atoms with E-state index in [4.69, 9.17) is 0 Å². The molecule has 0 atom stereocenters. The highest BCUT2D eigenvalue weighted by Crippen LogP contribution is 2.09. The van der Waals surface area contributed by atoms with Gasteiger partial charge in [-0.15, -0.1) is 0 Å². The molecule has 0 fully saturated rings. The Labute approximate surface area is 108 Å². The highest BCUT2D eigenvalue weighted by atomic mass is 16.2. The Morgan fingerprint density at radius 2 is 1.72 bits per heavy atom. The summed E-state index contributed by atoms with van der Waals surface area (Å²) in [6.45, 7) is 6.51. The molecule has 0 bridgehead atoms. The summed E-state index contributed by atoms with van der Waals surface area (Å²) in [5.41, 5.74) is 1.83. The van der Waals surface area contributed by atoms with Crippen molar-refractivity contribution < 1.29 is 9.59 Å². The molecule has 18 heavy (non-hydrogen) atoms. The van der Waals surface area contributed by atoms with Gasteiger partial charge in [0.1, 0.15) is 0 Å². The summed E-state index contributed by atoms with van der Waals surface area (Å²) in [5.74, 6) is -0.895. The Balaban J connectivity index is 2.50. The molecule has 0 heterocycles. The van der Waals surface area contributed by atoms with Crippen molar-refractivity contribution in [3.8, 4) is 0 Å². The topological polar surface area (TPSA) is 58.2 Å². The van der Waals surface area contributed by atoms with E-state index in [1.165, 1.54) is 5.56 Å². The number of carbonyl (C=O) groups excluding carboxylic acids is 2. The minimum absolute atomic E-state index is 0.325. The Morgan fingerprint density at radius 1 is 1.11 bits per heavy atom. The van der Waals surface area contributed by atoms with Crippen LogP contribution in [0.3, 0.4) is 0 Å². The smallest absolute Gasteiger partial charge is 0.313 e. The maximum atomic E-state index is 11.6. The van der Waals surface area contributed by atoms with E-state index in [1.54, 1.807) is 12.1 Å². The maximum Gasteiger partial charge on any atom is 0.313 e. The first-order valence-electron chi connectivity index (χ1n) is 6.21. The summed E-state index contributed by atoms with van der Waals surface area (Å²) >= 11 is 0. The van der Waals surface area contributed by atoms with Crippen LogP contribution in [-0.2, 0) is 16.0 Å². The van der Waals surface area contributed by atoms with E-state index in [-0.39, 0.29) is 0 Å². The van der Waals surface area contributed by atoms with Crippen molar-refractivity contribution in [2.24, 2.45) is 5.92 Å². The first kappa shape index (κ1) is 14.2. The van der Waals surface area contributed by atoms with Gasteiger partial charge < -0.3 is 10.6 Å². The molecule has 0 aliphatic rings. The fourth-order valence-electron chi connectivity index (χ4n) is 1.39. The largest absolute Gasteiger partial charge is 0.348 e. The quantitative estimate of drug-likeness (QED) is 0.800. The minimum atomic E-state index is -0.625. The summed E-state index contributed by atoms with van der Waals surface area (Å²) in [6, 6.07) is 7.46. The molecule has 4 nitrogen and oxygen atoms in total. The summed E-state index contributed by atoms with van der Waals surface area (Å²) in [7, 11) is 0. The molecule has 0 aliphatic heterocycles. The number of nitrogens with one attached hydrogen (secondary N) is 2. The number of carbonyl (C=O) groups is 2. The lowest BCUT2D eigenvalue weighted by atomic mass is 10.1. The Hall–Kier alpha value is -1.84. The van der Waals surface area contributed by atoms with Crippen LogP contribution in [0.15, 0.2) is 24.3 Å². The van der Waals surface area contributed by atoms with E-state index < -0.39 is 11.8 Å². The number of benzene rings is 1. The number of hydrogen-bond donors (Lipinski definition) is 2. The lowest BCUT2D eigenvalue weighted by Gasteiger charge is -2.08. The Bertz CT molecular complexity index is 410. The van der Waals surface area contributed by atoms with Crippen molar-refractivity contribution >= 4 is 17.5 Å². The molecule has 0 saturated carbocycles. The van der Waals surface area contributed by atoms with Crippen molar-refractivity contribution in [3.63, 3.8) is 0 Å². The van der Waals surface area contributed by atoms with Gasteiger partial charge in [0.05, 0.1) is 0 Å². The highest BCUT2D eigenvalue weighted by Gasteiger charge is 2.13. The van der Waals surface area contributed by atoms with Gasteiger partial charge >= 0.3 is 11.8 Å². The number of amides is 2. The summed E-state index contributed by atoms with van der Waals surface area (Å²) < 4.78 is 0. The van der Waals surface area contributed by atoms with Gasteiger partial charge in [-0.2, -0.15) is 0 Å². The number of anilines is 1. The first-order chi connectivity index (χ1) is 8.52. The van der Waals surface area contributed by atoms with E-state index in [2.05, 4.69) is 17.6 Å². The van der Waals surface area contributed by atoms with Crippen molar-refractivity contribution in [3.05, 3.63) is 29.8 Å². The molecule has 0 aromatic heterocycles. The van der Waals surface area contributed by atoms with Gasteiger partial charge in [0.15, 0.2) is 0 Å². The molecule has 98 valence electrons. The fraction of sp³-hybridized carbons (Fsp3) is 0.429. The molecule has 0 spiro atoms. The Morgan fingerprint density at radius 3 is 2.22 bits per heavy atom. The molecule has 0 radical (unpaired) electrons. The summed E-state index contributed by atoms with van der Waals surface area (Å²) in [6.07, 6.45) is 0.948. The molecule has 0 saturated heterocycles. The zero-order valence-electron chi connectivity index (χ0n) is 11.1. The standard InChI is InChI=1S/C14H20N2O2/c1-4-11-5-7-12(8-6-11)16-14(18)13(17)15-9-10(2)3/h5-8,10H,4,9H2,1-3H3,(H,15,17)(H,16,18). The first-order valence-corrected chi connectivity index (χ1v) is 6.21. The highest BCUT2D eigenvalue weighted by molar-refractivity contribution is 6.39. The lowest BCUT2D eigenvalue weighted by molar-refractivity contribution is -0.136. The van der Waals surface area contributed by atoms with Crippen LogP contribution in [0.4, 0.5) is 5.69 Å². The van der Waals surface area contributed by atoms with E-state index in [9.17, 15) is 9.59 Å². The summed E-state index contributed by atoms with van der Waals surface area (Å²) in [5, 5.41) is 5.14. The minimum Gasteiger partial charge on any atom is -0.348 e. The normalized spacial score (nSPS) is 10.2. The van der Waals surface area contributed by atoms with Crippen molar-refractivity contribution in [1.82, 2.24) is 5.32 Å². The third-order valence-electron chi connectivity index (χ3n) is 2.50. The van der Waals surface area contributed by atoms with E-state index in [0.29, 0.717) is 18.2 Å². The number of aryl methyl sites for hydroxylation is 1. The molecule has 1 rings (SSSR count). The number of hydrogen-bond acceptors (Lipinski definition) is 2. The van der Waals surface area contributed by atoms with Crippen LogP contribution in [0.25, 0.3) is 0 Å². The van der Waals surface area contributed by atoms with Gasteiger partial charge in [0, 0.05) is 12.2 Å². The molecule has 4 heteroatoms. The van der Waals surface area contributed by atoms with Crippen LogP contribution in [-0.4, -0.2) is 18.4 Å². The van der Waals surface area contributed by atoms with E-state index in [0.717, 1.165) is 6.42 Å². The molecule has 1 aromatic rings. The number of rotatable bonds is 4. The van der Waals surface area contributed by atoms with Crippen LogP contribution in [0, 0.1) is 5.92 Å². The van der Waals surface area contributed by atoms with Gasteiger partial charge in [0.2, 0.25) is 0 Å². The third-order valence-corrected chi connectivity index (χ3v) is 2.50.